The van der Waals surface area contributed by atoms with Gasteiger partial charge >= 0.3 is 0 Å². The summed E-state index contributed by atoms with van der Waals surface area (Å²) < 4.78 is 5.57. The van der Waals surface area contributed by atoms with Crippen LogP contribution in [0.5, 0.6) is 5.75 Å². The quantitative estimate of drug-likeness (QED) is 0.870. The molecule has 0 aromatic heterocycles. The van der Waals surface area contributed by atoms with E-state index < -0.39 is 0 Å². The van der Waals surface area contributed by atoms with Crippen LogP contribution in [0.3, 0.4) is 0 Å². The minimum absolute atomic E-state index is 0.0761. The van der Waals surface area contributed by atoms with E-state index in [9.17, 15) is 4.79 Å². The van der Waals surface area contributed by atoms with Crippen LogP contribution in [0.4, 0.5) is 0 Å². The van der Waals surface area contributed by atoms with E-state index in [1.807, 2.05) is 0 Å². The van der Waals surface area contributed by atoms with Gasteiger partial charge in [-0.3, -0.25) is 14.6 Å². The van der Waals surface area contributed by atoms with Gasteiger partial charge in [0.25, 0.3) is 0 Å². The van der Waals surface area contributed by atoms with Gasteiger partial charge in [-0.2, -0.15) is 0 Å². The highest BCUT2D eigenvalue weighted by Crippen LogP contribution is 2.26. The van der Waals surface area contributed by atoms with Gasteiger partial charge in [0.2, 0.25) is 5.91 Å². The number of carbonyl (C=O) groups excluding carboxylic acids is 1. The molecule has 3 aliphatic heterocycles. The highest BCUT2D eigenvalue weighted by atomic mass is 16.5. The summed E-state index contributed by atoms with van der Waals surface area (Å²) in [5, 5.41) is 2.99. The number of carbonyl (C=O) groups is 1. The van der Waals surface area contributed by atoms with Crippen LogP contribution >= 0.6 is 0 Å². The van der Waals surface area contributed by atoms with Gasteiger partial charge in [-0.25, -0.2) is 0 Å². The molecular weight excluding hydrogens is 278 g/mol. The molecule has 2 fully saturated rings. The largest absolute Gasteiger partial charge is 0.493 e. The van der Waals surface area contributed by atoms with E-state index in [2.05, 4.69) is 33.3 Å². The van der Waals surface area contributed by atoms with Gasteiger partial charge in [0.05, 0.1) is 12.6 Å². The highest BCUT2D eigenvalue weighted by Gasteiger charge is 2.32. The summed E-state index contributed by atoms with van der Waals surface area (Å²) in [7, 11) is 0. The fraction of sp³-hybridized carbons (Fsp3) is 0.588. The molecule has 0 unspecified atom stereocenters. The second kappa shape index (κ2) is 5.89. The average molecular weight is 301 g/mol. The molecule has 3 aliphatic rings. The number of benzene rings is 1. The first kappa shape index (κ1) is 14.0. The first-order chi connectivity index (χ1) is 10.8. The number of rotatable bonds is 2. The molecule has 5 heteroatoms. The number of nitrogens with zero attached hydrogens (tertiary/aromatic N) is 2. The molecule has 4 rings (SSSR count). The van der Waals surface area contributed by atoms with Crippen molar-refractivity contribution in [2.45, 2.75) is 25.4 Å². The molecule has 0 aliphatic carbocycles. The van der Waals surface area contributed by atoms with Gasteiger partial charge in [0, 0.05) is 45.7 Å². The summed E-state index contributed by atoms with van der Waals surface area (Å²) in [5.74, 6) is 1.26. The number of ether oxygens (including phenoxy) is 1. The standard InChI is InChI=1S/C17H23N3O2/c21-17-15-3-6-19(8-9-20(15)7-5-18-17)12-13-1-2-16-14(11-13)4-10-22-16/h1-2,11,15H,3-10,12H2,(H,18,21)/t15-/m0/s1. The van der Waals surface area contributed by atoms with Crippen LogP contribution in [0.15, 0.2) is 18.2 Å². The maximum atomic E-state index is 12.0. The second-order valence-corrected chi connectivity index (χ2v) is 6.45. The highest BCUT2D eigenvalue weighted by molar-refractivity contribution is 5.82. The molecule has 1 N–H and O–H groups in total. The van der Waals surface area contributed by atoms with Crippen molar-refractivity contribution in [3.8, 4) is 5.75 Å². The Hall–Kier alpha value is -1.59. The smallest absolute Gasteiger partial charge is 0.237 e. The SMILES string of the molecule is O=C1NCCN2CCN(Cc3ccc4c(c3)CCO4)CC[C@@H]12. The lowest BCUT2D eigenvalue weighted by molar-refractivity contribution is -0.128. The zero-order valence-electron chi connectivity index (χ0n) is 12.9. The lowest BCUT2D eigenvalue weighted by atomic mass is 10.1. The van der Waals surface area contributed by atoms with E-state index in [-0.39, 0.29) is 11.9 Å². The fourth-order valence-electron chi connectivity index (χ4n) is 3.78. The molecule has 22 heavy (non-hydrogen) atoms. The van der Waals surface area contributed by atoms with Crippen molar-refractivity contribution in [2.24, 2.45) is 0 Å². The molecule has 1 aromatic rings. The summed E-state index contributed by atoms with van der Waals surface area (Å²) in [5.41, 5.74) is 2.69. The van der Waals surface area contributed by atoms with Gasteiger partial charge < -0.3 is 10.1 Å². The molecule has 2 saturated heterocycles. The normalized spacial score (nSPS) is 25.8. The van der Waals surface area contributed by atoms with Crippen LogP contribution in [0.1, 0.15) is 17.5 Å². The molecule has 1 amide bonds. The maximum absolute atomic E-state index is 12.0. The Kier molecular flexibility index (Phi) is 3.76. The molecule has 1 atom stereocenters. The minimum atomic E-state index is 0.0761. The van der Waals surface area contributed by atoms with Crippen LogP contribution in [-0.4, -0.2) is 61.1 Å². The fourth-order valence-corrected chi connectivity index (χ4v) is 3.78. The van der Waals surface area contributed by atoms with Crippen LogP contribution in [-0.2, 0) is 17.8 Å². The average Bonchev–Trinajstić information content (AvgIpc) is 2.89. The summed E-state index contributed by atoms with van der Waals surface area (Å²) in [6.07, 6.45) is 1.96. The lowest BCUT2D eigenvalue weighted by Crippen LogP contribution is -2.55. The van der Waals surface area contributed by atoms with E-state index in [4.69, 9.17) is 4.74 Å². The van der Waals surface area contributed by atoms with Gasteiger partial charge in [0.1, 0.15) is 5.75 Å². The third-order valence-electron chi connectivity index (χ3n) is 5.02. The maximum Gasteiger partial charge on any atom is 0.237 e. The molecule has 0 saturated carbocycles. The van der Waals surface area contributed by atoms with Crippen molar-refractivity contribution in [1.29, 1.82) is 0 Å². The van der Waals surface area contributed by atoms with Crippen LogP contribution in [0, 0.1) is 0 Å². The number of nitrogens with one attached hydrogen (secondary N) is 1. The Morgan fingerprint density at radius 3 is 3.14 bits per heavy atom. The zero-order chi connectivity index (χ0) is 14.9. The molecular formula is C17H23N3O2. The summed E-state index contributed by atoms with van der Waals surface area (Å²) in [4.78, 5) is 16.8. The number of hydrogen-bond acceptors (Lipinski definition) is 4. The Labute approximate surface area is 131 Å². The predicted octanol–water partition coefficient (Wildman–Crippen LogP) is 0.628. The van der Waals surface area contributed by atoms with Gasteiger partial charge in [-0.05, 0) is 23.6 Å². The zero-order valence-corrected chi connectivity index (χ0v) is 12.9. The Morgan fingerprint density at radius 1 is 1.23 bits per heavy atom. The Bertz CT molecular complexity index is 575. The van der Waals surface area contributed by atoms with Crippen molar-refractivity contribution >= 4 is 5.91 Å². The first-order valence-electron chi connectivity index (χ1n) is 8.28. The number of amides is 1. The van der Waals surface area contributed by atoms with Gasteiger partial charge in [-0.1, -0.05) is 12.1 Å². The van der Waals surface area contributed by atoms with Gasteiger partial charge in [-0.15, -0.1) is 0 Å². The van der Waals surface area contributed by atoms with E-state index in [0.717, 1.165) is 64.5 Å². The van der Waals surface area contributed by atoms with Crippen LogP contribution < -0.4 is 10.1 Å². The molecule has 118 valence electrons. The van der Waals surface area contributed by atoms with Gasteiger partial charge in [0.15, 0.2) is 0 Å². The second-order valence-electron chi connectivity index (χ2n) is 6.45. The topological polar surface area (TPSA) is 44.8 Å². The van der Waals surface area contributed by atoms with Crippen LogP contribution in [0.25, 0.3) is 0 Å². The van der Waals surface area contributed by atoms with E-state index in [1.54, 1.807) is 0 Å². The summed E-state index contributed by atoms with van der Waals surface area (Å²) >= 11 is 0. The first-order valence-corrected chi connectivity index (χ1v) is 8.28. The molecule has 1 aromatic carbocycles. The summed E-state index contributed by atoms with van der Waals surface area (Å²) in [6, 6.07) is 6.64. The molecule has 0 bridgehead atoms. The van der Waals surface area contributed by atoms with E-state index in [0.29, 0.717) is 0 Å². The third-order valence-corrected chi connectivity index (χ3v) is 5.02. The van der Waals surface area contributed by atoms with Crippen molar-refractivity contribution in [1.82, 2.24) is 15.1 Å². The van der Waals surface area contributed by atoms with Crippen molar-refractivity contribution < 1.29 is 9.53 Å². The predicted molar refractivity (Wildman–Crippen MR) is 83.9 cm³/mol. The lowest BCUT2D eigenvalue weighted by Gasteiger charge is -2.32. The van der Waals surface area contributed by atoms with Crippen molar-refractivity contribution in [3.63, 3.8) is 0 Å². The van der Waals surface area contributed by atoms with E-state index in [1.165, 1.54) is 11.1 Å². The summed E-state index contributed by atoms with van der Waals surface area (Å²) in [6.45, 7) is 6.58. The Balaban J connectivity index is 1.42. The third kappa shape index (κ3) is 2.71. The minimum Gasteiger partial charge on any atom is -0.493 e. The molecule has 5 nitrogen and oxygen atoms in total. The number of piperazine rings is 1. The molecule has 3 heterocycles. The van der Waals surface area contributed by atoms with Crippen LogP contribution in [0.2, 0.25) is 0 Å². The van der Waals surface area contributed by atoms with E-state index >= 15 is 0 Å². The molecule has 0 radical (unpaired) electrons. The molecule has 0 spiro atoms. The monoisotopic (exact) mass is 301 g/mol. The van der Waals surface area contributed by atoms with Crippen molar-refractivity contribution in [3.05, 3.63) is 29.3 Å². The Morgan fingerprint density at radius 2 is 2.18 bits per heavy atom. The number of hydrogen-bond donors (Lipinski definition) is 1. The van der Waals surface area contributed by atoms with Crippen molar-refractivity contribution in [2.75, 3.05) is 39.3 Å². The number of fused-ring (bicyclic) bond motifs is 2.